The minimum atomic E-state index is -0.310. The molecule has 3 N–H and O–H groups in total. The van der Waals surface area contributed by atoms with E-state index in [1.807, 2.05) is 0 Å². The van der Waals surface area contributed by atoms with E-state index in [-0.39, 0.29) is 34.1 Å². The fourth-order valence-corrected chi connectivity index (χ4v) is 1.65. The van der Waals surface area contributed by atoms with E-state index < -0.39 is 0 Å². The summed E-state index contributed by atoms with van der Waals surface area (Å²) in [7, 11) is 0. The predicted molar refractivity (Wildman–Crippen MR) is 66.4 cm³/mol. The van der Waals surface area contributed by atoms with Gasteiger partial charge in [-0.25, -0.2) is 0 Å². The van der Waals surface area contributed by atoms with Crippen molar-refractivity contribution in [1.29, 1.82) is 0 Å². The SMILES string of the molecule is C=CCc1c(N)c(C(C)=O)cc(C(C)=O)c1O. The van der Waals surface area contributed by atoms with Crippen LogP contribution in [0.25, 0.3) is 0 Å². The predicted octanol–water partition coefficient (Wildman–Crippen LogP) is 2.11. The van der Waals surface area contributed by atoms with Gasteiger partial charge in [0.2, 0.25) is 0 Å². The van der Waals surface area contributed by atoms with E-state index in [4.69, 9.17) is 5.73 Å². The molecule has 0 aromatic heterocycles. The number of anilines is 1. The largest absolute Gasteiger partial charge is 0.507 e. The fourth-order valence-electron chi connectivity index (χ4n) is 1.65. The number of Topliss-reactive ketones (excluding diaryl/α,β-unsaturated/α-hetero) is 2. The number of carbonyl (C=O) groups is 2. The topological polar surface area (TPSA) is 80.4 Å². The van der Waals surface area contributed by atoms with Gasteiger partial charge in [0.1, 0.15) is 5.75 Å². The summed E-state index contributed by atoms with van der Waals surface area (Å²) in [5, 5.41) is 9.92. The van der Waals surface area contributed by atoms with Crippen molar-refractivity contribution in [2.75, 3.05) is 5.73 Å². The van der Waals surface area contributed by atoms with Crippen LogP contribution in [0.3, 0.4) is 0 Å². The summed E-state index contributed by atoms with van der Waals surface area (Å²) in [5.74, 6) is -0.717. The molecular formula is C13H15NO3. The Morgan fingerprint density at radius 1 is 1.35 bits per heavy atom. The maximum atomic E-state index is 11.4. The lowest BCUT2D eigenvalue weighted by Gasteiger charge is -2.13. The quantitative estimate of drug-likeness (QED) is 0.474. The molecule has 0 heterocycles. The average Bonchev–Trinajstić information content (AvgIpc) is 2.23. The monoisotopic (exact) mass is 233 g/mol. The molecule has 17 heavy (non-hydrogen) atoms. The molecule has 90 valence electrons. The van der Waals surface area contributed by atoms with Crippen LogP contribution in [0.1, 0.15) is 40.1 Å². The summed E-state index contributed by atoms with van der Waals surface area (Å²) < 4.78 is 0. The van der Waals surface area contributed by atoms with E-state index >= 15 is 0 Å². The molecule has 0 fully saturated rings. The zero-order valence-electron chi connectivity index (χ0n) is 9.91. The molecular weight excluding hydrogens is 218 g/mol. The highest BCUT2D eigenvalue weighted by Crippen LogP contribution is 2.32. The highest BCUT2D eigenvalue weighted by molar-refractivity contribution is 6.05. The van der Waals surface area contributed by atoms with Crippen LogP contribution in [-0.4, -0.2) is 16.7 Å². The van der Waals surface area contributed by atoms with Gasteiger partial charge in [0.25, 0.3) is 0 Å². The van der Waals surface area contributed by atoms with Crippen LogP contribution in [-0.2, 0) is 6.42 Å². The third-order valence-corrected chi connectivity index (χ3v) is 2.55. The van der Waals surface area contributed by atoms with Crippen LogP contribution >= 0.6 is 0 Å². The molecule has 0 atom stereocenters. The Kier molecular flexibility index (Phi) is 3.68. The maximum absolute atomic E-state index is 11.4. The Balaban J connectivity index is 3.62. The molecule has 1 aromatic rings. The molecule has 0 spiro atoms. The van der Waals surface area contributed by atoms with Crippen molar-refractivity contribution >= 4 is 17.3 Å². The molecule has 0 radical (unpaired) electrons. The lowest BCUT2D eigenvalue weighted by Crippen LogP contribution is -2.07. The number of phenols is 1. The number of nitrogens with two attached hydrogens (primary N) is 1. The molecule has 0 amide bonds. The van der Waals surface area contributed by atoms with Gasteiger partial charge in [0.15, 0.2) is 11.6 Å². The first-order valence-electron chi connectivity index (χ1n) is 5.17. The lowest BCUT2D eigenvalue weighted by atomic mass is 9.95. The highest BCUT2D eigenvalue weighted by Gasteiger charge is 2.19. The van der Waals surface area contributed by atoms with Crippen LogP contribution in [0.5, 0.6) is 5.75 Å². The number of hydrogen-bond donors (Lipinski definition) is 2. The minimum Gasteiger partial charge on any atom is -0.507 e. The Bertz CT molecular complexity index is 466. The van der Waals surface area contributed by atoms with E-state index in [0.29, 0.717) is 12.0 Å². The third-order valence-electron chi connectivity index (χ3n) is 2.55. The van der Waals surface area contributed by atoms with Crippen LogP contribution in [0, 0.1) is 0 Å². The van der Waals surface area contributed by atoms with Gasteiger partial charge in [-0.15, -0.1) is 6.58 Å². The molecule has 0 bridgehead atoms. The van der Waals surface area contributed by atoms with Crippen molar-refractivity contribution in [3.63, 3.8) is 0 Å². The Labute approximate surface area is 99.8 Å². The van der Waals surface area contributed by atoms with Crippen molar-refractivity contribution in [2.45, 2.75) is 20.3 Å². The minimum absolute atomic E-state index is 0.112. The van der Waals surface area contributed by atoms with Crippen molar-refractivity contribution in [3.05, 3.63) is 35.4 Å². The number of carbonyl (C=O) groups excluding carboxylic acids is 2. The molecule has 4 heteroatoms. The standard InChI is InChI=1S/C13H15NO3/c1-4-5-9-12(14)10(7(2)15)6-11(8(3)16)13(9)17/h4,6,17H,1,5,14H2,2-3H3. The normalized spacial score (nSPS) is 10.0. The second kappa shape index (κ2) is 4.82. The first-order chi connectivity index (χ1) is 7.90. The van der Waals surface area contributed by atoms with Crippen molar-refractivity contribution in [3.8, 4) is 5.75 Å². The molecule has 4 nitrogen and oxygen atoms in total. The van der Waals surface area contributed by atoms with Gasteiger partial charge >= 0.3 is 0 Å². The summed E-state index contributed by atoms with van der Waals surface area (Å²) in [6, 6.07) is 1.34. The third kappa shape index (κ3) is 2.36. The van der Waals surface area contributed by atoms with E-state index in [2.05, 4.69) is 6.58 Å². The van der Waals surface area contributed by atoms with Gasteiger partial charge in [0, 0.05) is 16.8 Å². The molecule has 1 rings (SSSR count). The van der Waals surface area contributed by atoms with E-state index in [9.17, 15) is 14.7 Å². The Hall–Kier alpha value is -2.10. The summed E-state index contributed by atoms with van der Waals surface area (Å²) >= 11 is 0. The van der Waals surface area contributed by atoms with E-state index in [1.54, 1.807) is 6.08 Å². The number of ketones is 2. The number of benzene rings is 1. The number of hydrogen-bond acceptors (Lipinski definition) is 4. The smallest absolute Gasteiger partial charge is 0.163 e. The molecule has 0 aliphatic rings. The maximum Gasteiger partial charge on any atom is 0.163 e. The summed E-state index contributed by atoms with van der Waals surface area (Å²) in [6.45, 7) is 6.24. The Morgan fingerprint density at radius 3 is 2.29 bits per heavy atom. The molecule has 0 saturated carbocycles. The highest BCUT2D eigenvalue weighted by atomic mass is 16.3. The van der Waals surface area contributed by atoms with Crippen LogP contribution in [0.2, 0.25) is 0 Å². The number of rotatable bonds is 4. The zero-order valence-corrected chi connectivity index (χ0v) is 9.91. The van der Waals surface area contributed by atoms with Gasteiger partial charge in [0.05, 0.1) is 5.56 Å². The van der Waals surface area contributed by atoms with Gasteiger partial charge in [-0.3, -0.25) is 9.59 Å². The zero-order chi connectivity index (χ0) is 13.2. The first kappa shape index (κ1) is 13.0. The van der Waals surface area contributed by atoms with Crippen LogP contribution in [0.4, 0.5) is 5.69 Å². The van der Waals surface area contributed by atoms with Gasteiger partial charge in [-0.05, 0) is 26.3 Å². The molecule has 1 aromatic carbocycles. The molecule has 0 aliphatic heterocycles. The lowest BCUT2D eigenvalue weighted by molar-refractivity contribution is 0.101. The van der Waals surface area contributed by atoms with Crippen molar-refractivity contribution < 1.29 is 14.7 Å². The van der Waals surface area contributed by atoms with Gasteiger partial charge in [-0.2, -0.15) is 0 Å². The van der Waals surface area contributed by atoms with Gasteiger partial charge in [-0.1, -0.05) is 6.08 Å². The molecule has 0 aliphatic carbocycles. The van der Waals surface area contributed by atoms with Crippen molar-refractivity contribution in [1.82, 2.24) is 0 Å². The Morgan fingerprint density at radius 2 is 1.88 bits per heavy atom. The van der Waals surface area contributed by atoms with Crippen LogP contribution < -0.4 is 5.73 Å². The van der Waals surface area contributed by atoms with Crippen molar-refractivity contribution in [2.24, 2.45) is 0 Å². The summed E-state index contributed by atoms with van der Waals surface area (Å²) in [6.07, 6.45) is 1.86. The molecule has 0 unspecified atom stereocenters. The summed E-state index contributed by atoms with van der Waals surface area (Å²) in [4.78, 5) is 22.8. The second-order valence-corrected chi connectivity index (χ2v) is 3.82. The summed E-state index contributed by atoms with van der Waals surface area (Å²) in [5.41, 5.74) is 6.75. The number of aromatic hydroxyl groups is 1. The number of phenolic OH excluding ortho intramolecular Hbond substituents is 1. The molecule has 0 saturated heterocycles. The first-order valence-corrected chi connectivity index (χ1v) is 5.17. The van der Waals surface area contributed by atoms with Gasteiger partial charge < -0.3 is 10.8 Å². The fraction of sp³-hybridized carbons (Fsp3) is 0.231. The van der Waals surface area contributed by atoms with Crippen LogP contribution in [0.15, 0.2) is 18.7 Å². The van der Waals surface area contributed by atoms with E-state index in [1.165, 1.54) is 19.9 Å². The number of allylic oxidation sites excluding steroid dienone is 1. The number of nitrogen functional groups attached to an aromatic ring is 1. The van der Waals surface area contributed by atoms with E-state index in [0.717, 1.165) is 0 Å². The average molecular weight is 233 g/mol. The second-order valence-electron chi connectivity index (χ2n) is 3.82.